The summed E-state index contributed by atoms with van der Waals surface area (Å²) >= 11 is 3.73. The Hall–Kier alpha value is -7.18. The quantitative estimate of drug-likeness (QED) is 0.173. The molecule has 0 aliphatic heterocycles. The summed E-state index contributed by atoms with van der Waals surface area (Å²) in [5.41, 5.74) is 10.8. The lowest BCUT2D eigenvalue weighted by molar-refractivity contribution is 0.670. The Bertz CT molecular complexity index is 3700. The molecule has 0 bridgehead atoms. The van der Waals surface area contributed by atoms with E-state index < -0.39 is 0 Å². The van der Waals surface area contributed by atoms with E-state index in [9.17, 15) is 0 Å². The molecule has 9 aromatic carbocycles. The van der Waals surface area contributed by atoms with Gasteiger partial charge in [-0.15, -0.1) is 22.7 Å². The largest absolute Gasteiger partial charge is 0.455 e. The highest BCUT2D eigenvalue weighted by atomic mass is 32.1. The molecule has 276 valence electrons. The van der Waals surface area contributed by atoms with Crippen molar-refractivity contribution in [1.29, 1.82) is 0 Å². The van der Waals surface area contributed by atoms with Gasteiger partial charge in [0.1, 0.15) is 11.2 Å². The van der Waals surface area contributed by atoms with Crippen LogP contribution in [0.2, 0.25) is 0 Å². The fraction of sp³-hybridized carbons (Fsp3) is 0. The molecule has 0 aliphatic carbocycles. The van der Waals surface area contributed by atoms with Gasteiger partial charge < -0.3 is 13.9 Å². The van der Waals surface area contributed by atoms with E-state index >= 15 is 0 Å². The third-order valence-corrected chi connectivity index (χ3v) is 14.4. The Kier molecular flexibility index (Phi) is 7.05. The fourth-order valence-electron chi connectivity index (χ4n) is 9.44. The van der Waals surface area contributed by atoms with Gasteiger partial charge in [-0.25, -0.2) is 0 Å². The molecule has 0 N–H and O–H groups in total. The summed E-state index contributed by atoms with van der Waals surface area (Å²) in [6.45, 7) is 0. The first-order valence-electron chi connectivity index (χ1n) is 19.9. The number of nitrogens with zero attached hydrogens (tertiary/aromatic N) is 2. The standard InChI is InChI=1S/C54H32N2OS2/c1-2-14-34(15-3-1)55-43-23-7-4-16-36(43)37-31-30-33(32-47(37)55)35-19-10-22-42-51-44(24-13-27-48(51)57-52(35)42)56(45-25-11-20-40-38-17-5-8-28-49(38)58-53(40)45)46-26-12-21-41-39-18-6-9-29-50(39)59-54(41)46/h1-32H. The van der Waals surface area contributed by atoms with E-state index in [0.29, 0.717) is 0 Å². The summed E-state index contributed by atoms with van der Waals surface area (Å²) in [5, 5.41) is 9.77. The van der Waals surface area contributed by atoms with E-state index in [1.807, 2.05) is 22.7 Å². The Balaban J connectivity index is 1.08. The number of benzene rings is 9. The van der Waals surface area contributed by atoms with Crippen molar-refractivity contribution in [2.24, 2.45) is 0 Å². The number of aromatic nitrogens is 1. The van der Waals surface area contributed by atoms with Gasteiger partial charge in [-0.2, -0.15) is 0 Å². The minimum Gasteiger partial charge on any atom is -0.455 e. The maximum atomic E-state index is 7.03. The van der Waals surface area contributed by atoms with Gasteiger partial charge in [0.15, 0.2) is 0 Å². The van der Waals surface area contributed by atoms with Gasteiger partial charge in [0.2, 0.25) is 0 Å². The topological polar surface area (TPSA) is 21.3 Å². The van der Waals surface area contributed by atoms with Gasteiger partial charge in [0, 0.05) is 58.4 Å². The Labute approximate surface area is 346 Å². The molecule has 0 spiro atoms. The van der Waals surface area contributed by atoms with Gasteiger partial charge in [-0.3, -0.25) is 0 Å². The molecule has 13 rings (SSSR count). The van der Waals surface area contributed by atoms with Crippen LogP contribution in [0.25, 0.3) is 101 Å². The maximum Gasteiger partial charge on any atom is 0.143 e. The van der Waals surface area contributed by atoms with Crippen LogP contribution < -0.4 is 4.90 Å². The van der Waals surface area contributed by atoms with Crippen LogP contribution in [0.1, 0.15) is 0 Å². The average Bonchev–Trinajstić information content (AvgIpc) is 4.06. The van der Waals surface area contributed by atoms with Crippen molar-refractivity contribution >= 4 is 124 Å². The monoisotopic (exact) mass is 788 g/mol. The zero-order chi connectivity index (χ0) is 38.6. The highest BCUT2D eigenvalue weighted by Crippen LogP contribution is 2.52. The van der Waals surface area contributed by atoms with Crippen molar-refractivity contribution < 1.29 is 4.42 Å². The summed E-state index contributed by atoms with van der Waals surface area (Å²) < 4.78 is 14.5. The lowest BCUT2D eigenvalue weighted by atomic mass is 10.00. The van der Waals surface area contributed by atoms with Gasteiger partial charge >= 0.3 is 0 Å². The van der Waals surface area contributed by atoms with Gasteiger partial charge in [0.25, 0.3) is 0 Å². The number of fused-ring (bicyclic) bond motifs is 12. The zero-order valence-electron chi connectivity index (χ0n) is 31.6. The second-order valence-corrected chi connectivity index (χ2v) is 17.3. The number of rotatable bonds is 5. The van der Waals surface area contributed by atoms with E-state index in [2.05, 4.69) is 204 Å². The zero-order valence-corrected chi connectivity index (χ0v) is 33.2. The summed E-state index contributed by atoms with van der Waals surface area (Å²) in [5.74, 6) is 0. The van der Waals surface area contributed by atoms with Crippen molar-refractivity contribution in [1.82, 2.24) is 4.57 Å². The van der Waals surface area contributed by atoms with Crippen LogP contribution >= 0.6 is 22.7 Å². The number of thiophene rings is 2. The first kappa shape index (κ1) is 32.9. The molecular weight excluding hydrogens is 757 g/mol. The predicted molar refractivity (Wildman–Crippen MR) is 254 cm³/mol. The molecule has 3 nitrogen and oxygen atoms in total. The van der Waals surface area contributed by atoms with Crippen molar-refractivity contribution in [3.05, 3.63) is 194 Å². The Morgan fingerprint density at radius 3 is 1.69 bits per heavy atom. The molecule has 5 heteroatoms. The molecule has 0 radical (unpaired) electrons. The molecule has 0 unspecified atom stereocenters. The van der Waals surface area contributed by atoms with Gasteiger partial charge in [-0.05, 0) is 66.2 Å². The van der Waals surface area contributed by atoms with Crippen LogP contribution in [0.4, 0.5) is 17.1 Å². The number of furan rings is 1. The van der Waals surface area contributed by atoms with E-state index in [0.717, 1.165) is 55.8 Å². The van der Waals surface area contributed by atoms with Crippen molar-refractivity contribution in [2.45, 2.75) is 0 Å². The summed E-state index contributed by atoms with van der Waals surface area (Å²) in [4.78, 5) is 2.50. The van der Waals surface area contributed by atoms with E-state index in [4.69, 9.17) is 4.42 Å². The number of para-hydroxylation sites is 3. The molecule has 59 heavy (non-hydrogen) atoms. The maximum absolute atomic E-state index is 7.03. The molecule has 0 fully saturated rings. The predicted octanol–water partition coefficient (Wildman–Crippen LogP) is 16.6. The smallest absolute Gasteiger partial charge is 0.143 e. The molecule has 4 aromatic heterocycles. The van der Waals surface area contributed by atoms with Crippen LogP contribution in [0.5, 0.6) is 0 Å². The summed E-state index contributed by atoms with van der Waals surface area (Å²) in [6, 6.07) is 70.5. The molecule has 0 amide bonds. The molecule has 0 aliphatic rings. The van der Waals surface area contributed by atoms with E-state index in [1.165, 1.54) is 62.2 Å². The van der Waals surface area contributed by atoms with Crippen molar-refractivity contribution in [3.63, 3.8) is 0 Å². The Morgan fingerprint density at radius 2 is 0.966 bits per heavy atom. The third-order valence-electron chi connectivity index (χ3n) is 12.0. The van der Waals surface area contributed by atoms with Gasteiger partial charge in [-0.1, -0.05) is 133 Å². The highest BCUT2D eigenvalue weighted by Gasteiger charge is 2.25. The second kappa shape index (κ2) is 12.7. The summed E-state index contributed by atoms with van der Waals surface area (Å²) in [7, 11) is 0. The van der Waals surface area contributed by atoms with Crippen molar-refractivity contribution in [2.75, 3.05) is 4.90 Å². The minimum atomic E-state index is 0.862. The number of hydrogen-bond donors (Lipinski definition) is 0. The lowest BCUT2D eigenvalue weighted by Crippen LogP contribution is -2.10. The lowest BCUT2D eigenvalue weighted by Gasteiger charge is -2.27. The Morgan fingerprint density at radius 1 is 0.407 bits per heavy atom. The van der Waals surface area contributed by atoms with Crippen LogP contribution in [0.3, 0.4) is 0 Å². The molecule has 0 atom stereocenters. The SMILES string of the molecule is c1ccc(-n2c3ccccc3c3ccc(-c4cccc5c4oc4cccc(N(c6cccc7c6sc6ccccc67)c6cccc7c6sc6ccccc67)c45)cc32)cc1. The third kappa shape index (κ3) is 4.80. The molecular formula is C54H32N2OS2. The summed E-state index contributed by atoms with van der Waals surface area (Å²) in [6.07, 6.45) is 0. The molecule has 0 saturated carbocycles. The van der Waals surface area contributed by atoms with Gasteiger partial charge in [0.05, 0.1) is 42.9 Å². The molecule has 0 saturated heterocycles. The highest BCUT2D eigenvalue weighted by molar-refractivity contribution is 7.27. The van der Waals surface area contributed by atoms with Crippen LogP contribution in [0.15, 0.2) is 199 Å². The van der Waals surface area contributed by atoms with Crippen LogP contribution in [-0.2, 0) is 0 Å². The second-order valence-electron chi connectivity index (χ2n) is 15.2. The number of anilines is 3. The fourth-order valence-corrected chi connectivity index (χ4v) is 11.9. The average molecular weight is 789 g/mol. The minimum absolute atomic E-state index is 0.862. The normalized spacial score (nSPS) is 12.1. The molecule has 13 aromatic rings. The van der Waals surface area contributed by atoms with Crippen molar-refractivity contribution in [3.8, 4) is 16.8 Å². The van der Waals surface area contributed by atoms with E-state index in [-0.39, 0.29) is 0 Å². The first-order chi connectivity index (χ1) is 29.3. The van der Waals surface area contributed by atoms with Crippen LogP contribution in [-0.4, -0.2) is 4.57 Å². The first-order valence-corrected chi connectivity index (χ1v) is 21.6. The number of hydrogen-bond acceptors (Lipinski definition) is 4. The van der Waals surface area contributed by atoms with Crippen LogP contribution in [0, 0.1) is 0 Å². The molecule has 4 heterocycles. The van der Waals surface area contributed by atoms with E-state index in [1.54, 1.807) is 0 Å².